The summed E-state index contributed by atoms with van der Waals surface area (Å²) in [6, 6.07) is 7.33. The van der Waals surface area contributed by atoms with Crippen LogP contribution in [0.4, 0.5) is 0 Å². The van der Waals surface area contributed by atoms with Gasteiger partial charge in [-0.3, -0.25) is 9.59 Å². The van der Waals surface area contributed by atoms with Crippen molar-refractivity contribution in [3.05, 3.63) is 29.8 Å². The van der Waals surface area contributed by atoms with Gasteiger partial charge < -0.3 is 20.3 Å². The normalized spacial score (nSPS) is 11.0. The van der Waals surface area contributed by atoms with Crippen LogP contribution in [0.1, 0.15) is 51.5 Å². The third kappa shape index (κ3) is 12.0. The zero-order valence-corrected chi connectivity index (χ0v) is 15.5. The van der Waals surface area contributed by atoms with Crippen LogP contribution in [-0.4, -0.2) is 41.8 Å². The number of aliphatic carboxylic acids is 1. The van der Waals surface area contributed by atoms with E-state index in [9.17, 15) is 9.59 Å². The number of ether oxygens (including phenoxy) is 1. The van der Waals surface area contributed by atoms with E-state index in [0.717, 1.165) is 25.5 Å². The van der Waals surface area contributed by atoms with Gasteiger partial charge in [0.2, 0.25) is 0 Å². The number of benzene rings is 1. The largest absolute Gasteiger partial charge is 0.484 e. The number of amides is 1. The van der Waals surface area contributed by atoms with Crippen molar-refractivity contribution in [3.8, 4) is 5.75 Å². The van der Waals surface area contributed by atoms with E-state index >= 15 is 0 Å². The number of hydrogen-bond acceptors (Lipinski definition) is 4. The monoisotopic (exact) mass is 353 g/mol. The molecular weight excluding hydrogens is 322 g/mol. The molecule has 1 amide bonds. The zero-order chi connectivity index (χ0) is 19.1. The lowest BCUT2D eigenvalue weighted by Crippen LogP contribution is -2.36. The Morgan fingerprint density at radius 1 is 1.16 bits per heavy atom. The van der Waals surface area contributed by atoms with Crippen molar-refractivity contribution in [3.63, 3.8) is 0 Å². The van der Waals surface area contributed by atoms with Crippen LogP contribution in [-0.2, 0) is 16.0 Å². The Balaban J connectivity index is 0.00000277. The first kappa shape index (κ1) is 22.9. The van der Waals surface area contributed by atoms with Crippen LogP contribution in [0.3, 0.4) is 0 Å². The smallest absolute Gasteiger partial charge is 0.303 e. The number of aliphatic hydroxyl groups is 1. The quantitative estimate of drug-likeness (QED) is 0.532. The van der Waals surface area contributed by atoms with Crippen molar-refractivity contribution < 1.29 is 24.5 Å². The van der Waals surface area contributed by atoms with Crippen LogP contribution in [0.5, 0.6) is 5.75 Å². The number of hydrogen-bond donors (Lipinski definition) is 3. The molecule has 1 unspecified atom stereocenters. The Hall–Kier alpha value is -2.08. The number of carbonyl (C=O) groups is 2. The van der Waals surface area contributed by atoms with E-state index in [1.54, 1.807) is 12.1 Å². The standard InChI is InChI=1S/C18H27NO4.CH4O/c1-3-4-5-6-14(2)19-17(20)13-23-16-10-7-15(8-11-16)9-12-18(21)22;1-2/h7-8,10-11,14H,3-6,9,12-13H2,1-2H3,(H,19,20)(H,21,22);2H,1H3. The summed E-state index contributed by atoms with van der Waals surface area (Å²) in [6.45, 7) is 4.15. The molecule has 142 valence electrons. The van der Waals surface area contributed by atoms with Crippen molar-refractivity contribution in [1.29, 1.82) is 0 Å². The Morgan fingerprint density at radius 3 is 2.36 bits per heavy atom. The molecule has 0 spiro atoms. The predicted molar refractivity (Wildman–Crippen MR) is 97.8 cm³/mol. The second-order valence-electron chi connectivity index (χ2n) is 5.79. The van der Waals surface area contributed by atoms with Gasteiger partial charge in [-0.05, 0) is 37.5 Å². The number of nitrogens with one attached hydrogen (secondary N) is 1. The molecule has 0 aliphatic carbocycles. The van der Waals surface area contributed by atoms with E-state index in [1.165, 1.54) is 12.8 Å². The molecule has 6 heteroatoms. The van der Waals surface area contributed by atoms with Gasteiger partial charge >= 0.3 is 5.97 Å². The van der Waals surface area contributed by atoms with Crippen molar-refractivity contribution >= 4 is 11.9 Å². The molecule has 25 heavy (non-hydrogen) atoms. The number of rotatable bonds is 11. The van der Waals surface area contributed by atoms with Crippen molar-refractivity contribution in [2.24, 2.45) is 0 Å². The minimum Gasteiger partial charge on any atom is -0.484 e. The number of aryl methyl sites for hydroxylation is 1. The number of carboxylic acids is 1. The van der Waals surface area contributed by atoms with Gasteiger partial charge in [0.15, 0.2) is 6.61 Å². The minimum absolute atomic E-state index is 0.00735. The average molecular weight is 353 g/mol. The summed E-state index contributed by atoms with van der Waals surface area (Å²) >= 11 is 0. The van der Waals surface area contributed by atoms with Gasteiger partial charge in [0.25, 0.3) is 5.91 Å². The maximum Gasteiger partial charge on any atom is 0.303 e. The first-order chi connectivity index (χ1) is 12.0. The highest BCUT2D eigenvalue weighted by molar-refractivity contribution is 5.77. The molecule has 0 aliphatic heterocycles. The maximum atomic E-state index is 11.8. The molecule has 6 nitrogen and oxygen atoms in total. The first-order valence-corrected chi connectivity index (χ1v) is 8.69. The minimum atomic E-state index is -0.810. The van der Waals surface area contributed by atoms with E-state index in [-0.39, 0.29) is 25.0 Å². The average Bonchev–Trinajstić information content (AvgIpc) is 2.61. The summed E-state index contributed by atoms with van der Waals surface area (Å²) in [4.78, 5) is 22.3. The second-order valence-corrected chi connectivity index (χ2v) is 5.79. The predicted octanol–water partition coefficient (Wildman–Crippen LogP) is 2.78. The highest BCUT2D eigenvalue weighted by Gasteiger charge is 2.08. The van der Waals surface area contributed by atoms with E-state index < -0.39 is 5.97 Å². The fourth-order valence-electron chi connectivity index (χ4n) is 2.24. The lowest BCUT2D eigenvalue weighted by Gasteiger charge is -2.14. The summed E-state index contributed by atoms with van der Waals surface area (Å²) in [5, 5.41) is 18.6. The zero-order valence-electron chi connectivity index (χ0n) is 15.5. The van der Waals surface area contributed by atoms with Crippen LogP contribution >= 0.6 is 0 Å². The molecule has 1 rings (SSSR count). The van der Waals surface area contributed by atoms with Crippen LogP contribution in [0.15, 0.2) is 24.3 Å². The van der Waals surface area contributed by atoms with Crippen molar-refractivity contribution in [2.45, 2.75) is 58.4 Å². The number of aliphatic hydroxyl groups excluding tert-OH is 1. The van der Waals surface area contributed by atoms with E-state index in [4.69, 9.17) is 14.9 Å². The van der Waals surface area contributed by atoms with Gasteiger partial charge in [0, 0.05) is 19.6 Å². The fraction of sp³-hybridized carbons (Fsp3) is 0.579. The highest BCUT2D eigenvalue weighted by Crippen LogP contribution is 2.13. The van der Waals surface area contributed by atoms with Gasteiger partial charge in [-0.1, -0.05) is 38.3 Å². The molecule has 1 atom stereocenters. The molecule has 0 aliphatic rings. The Bertz CT molecular complexity index is 487. The Labute approximate surface area is 150 Å². The summed E-state index contributed by atoms with van der Waals surface area (Å²) in [5.41, 5.74) is 0.939. The van der Waals surface area contributed by atoms with Crippen LogP contribution in [0.2, 0.25) is 0 Å². The molecular formula is C19H31NO5. The molecule has 1 aromatic rings. The summed E-state index contributed by atoms with van der Waals surface area (Å²) < 4.78 is 5.45. The van der Waals surface area contributed by atoms with E-state index in [0.29, 0.717) is 12.2 Å². The van der Waals surface area contributed by atoms with Crippen LogP contribution in [0.25, 0.3) is 0 Å². The SMILES string of the molecule is CCCCCC(C)NC(=O)COc1ccc(CCC(=O)O)cc1.CO. The third-order valence-electron chi connectivity index (χ3n) is 3.57. The molecule has 3 N–H and O–H groups in total. The molecule has 0 saturated carbocycles. The molecule has 0 bridgehead atoms. The molecule has 0 saturated heterocycles. The first-order valence-electron chi connectivity index (χ1n) is 8.69. The second kappa shape index (κ2) is 14.3. The van der Waals surface area contributed by atoms with Crippen LogP contribution < -0.4 is 10.1 Å². The molecule has 0 radical (unpaired) electrons. The lowest BCUT2D eigenvalue weighted by atomic mass is 10.1. The Kier molecular flexibility index (Phi) is 13.1. The molecule has 1 aromatic carbocycles. The van der Waals surface area contributed by atoms with Crippen molar-refractivity contribution in [2.75, 3.05) is 13.7 Å². The Morgan fingerprint density at radius 2 is 1.80 bits per heavy atom. The van der Waals surface area contributed by atoms with Crippen molar-refractivity contribution in [1.82, 2.24) is 5.32 Å². The van der Waals surface area contributed by atoms with E-state index in [1.807, 2.05) is 19.1 Å². The van der Waals surface area contributed by atoms with Crippen LogP contribution in [0, 0.1) is 0 Å². The van der Waals surface area contributed by atoms with Gasteiger partial charge in [-0.25, -0.2) is 0 Å². The van der Waals surface area contributed by atoms with Gasteiger partial charge in [0.05, 0.1) is 0 Å². The molecule has 0 fully saturated rings. The van der Waals surface area contributed by atoms with E-state index in [2.05, 4.69) is 12.2 Å². The summed E-state index contributed by atoms with van der Waals surface area (Å²) in [7, 11) is 1.00. The lowest BCUT2D eigenvalue weighted by molar-refractivity contribution is -0.137. The number of carboxylic acid groups (broad SMARTS) is 1. The summed E-state index contributed by atoms with van der Waals surface area (Å²) in [5.74, 6) is -0.322. The highest BCUT2D eigenvalue weighted by atomic mass is 16.5. The number of unbranched alkanes of at least 4 members (excludes halogenated alkanes) is 2. The van der Waals surface area contributed by atoms with Gasteiger partial charge in [-0.2, -0.15) is 0 Å². The number of carbonyl (C=O) groups excluding carboxylic acids is 1. The molecule has 0 heterocycles. The summed E-state index contributed by atoms with van der Waals surface area (Å²) in [6.07, 6.45) is 5.07. The van der Waals surface area contributed by atoms with Gasteiger partial charge in [-0.15, -0.1) is 0 Å². The fourth-order valence-corrected chi connectivity index (χ4v) is 2.24. The van der Waals surface area contributed by atoms with Gasteiger partial charge in [0.1, 0.15) is 5.75 Å². The third-order valence-corrected chi connectivity index (χ3v) is 3.57. The maximum absolute atomic E-state index is 11.8. The molecule has 0 aromatic heterocycles. The topological polar surface area (TPSA) is 95.9 Å².